The number of hydrogen-bond donors (Lipinski definition) is 0. The Bertz CT molecular complexity index is 759. The van der Waals surface area contributed by atoms with E-state index in [-0.39, 0.29) is 0 Å². The third-order valence-corrected chi connectivity index (χ3v) is 5.79. The third-order valence-electron chi connectivity index (χ3n) is 5.36. The lowest BCUT2D eigenvalue weighted by atomic mass is 9.87. The van der Waals surface area contributed by atoms with Crippen LogP contribution in [0.5, 0.6) is 0 Å². The van der Waals surface area contributed by atoms with Crippen LogP contribution < -0.4 is 0 Å². The average Bonchev–Trinajstić information content (AvgIpc) is 2.97. The van der Waals surface area contributed by atoms with Gasteiger partial charge in [0.05, 0.1) is 18.4 Å². The molecule has 1 saturated heterocycles. The maximum Gasteiger partial charge on any atom is 0.0612 e. The highest BCUT2D eigenvalue weighted by Crippen LogP contribution is 2.33. The van der Waals surface area contributed by atoms with Crippen LogP contribution in [0.2, 0.25) is 0 Å². The molecule has 1 atom stereocenters. The molecule has 2 heterocycles. The summed E-state index contributed by atoms with van der Waals surface area (Å²) in [6, 6.07) is 9.61. The molecule has 1 aliphatic carbocycles. The molecule has 4 heteroatoms. The van der Waals surface area contributed by atoms with Crippen molar-refractivity contribution in [3.05, 3.63) is 62.9 Å². The van der Waals surface area contributed by atoms with E-state index >= 15 is 0 Å². The first kappa shape index (κ1) is 16.2. The topological polar surface area (TPSA) is 19.4 Å². The molecule has 24 heavy (non-hydrogen) atoms. The number of aryl methyl sites for hydroxylation is 3. The van der Waals surface area contributed by atoms with Crippen molar-refractivity contribution in [1.29, 1.82) is 0 Å². The van der Waals surface area contributed by atoms with Gasteiger partial charge in [-0.1, -0.05) is 23.8 Å². The molecule has 0 amide bonds. The number of nitrogens with zero attached hydrogens (tertiary/aromatic N) is 3. The van der Waals surface area contributed by atoms with E-state index in [0.717, 1.165) is 43.5 Å². The van der Waals surface area contributed by atoms with Gasteiger partial charge in [-0.3, -0.25) is 14.8 Å². The molecule has 0 radical (unpaired) electrons. The van der Waals surface area contributed by atoms with Crippen LogP contribution in [0.4, 0.5) is 0 Å². The molecule has 126 valence electrons. The molecular formula is C20H24BrN3. The van der Waals surface area contributed by atoms with Crippen LogP contribution in [0.3, 0.4) is 0 Å². The van der Waals surface area contributed by atoms with Crippen molar-refractivity contribution in [1.82, 2.24) is 14.8 Å². The van der Waals surface area contributed by atoms with E-state index in [1.807, 2.05) is 6.20 Å². The highest BCUT2D eigenvalue weighted by Gasteiger charge is 2.30. The summed E-state index contributed by atoms with van der Waals surface area (Å²) in [5.74, 6) is 0. The Morgan fingerprint density at radius 1 is 1.08 bits per heavy atom. The minimum absolute atomic E-state index is 0.375. The monoisotopic (exact) mass is 385 g/mol. The van der Waals surface area contributed by atoms with E-state index in [0.29, 0.717) is 6.04 Å². The summed E-state index contributed by atoms with van der Waals surface area (Å²) in [5, 5.41) is 0. The predicted octanol–water partition coefficient (Wildman–Crippen LogP) is 3.74. The molecule has 1 aromatic heterocycles. The standard InChI is InChI=1S/C20H24BrN3/c1-14-3-4-16-11-19(24-8-7-23(2)13-24)20-17(6-5-15(16)9-14)10-18(21)12-22-20/h3-4,9-10,12,19H,5-8,11,13H2,1-2H3/t19-/m0/s1. The maximum atomic E-state index is 4.85. The maximum absolute atomic E-state index is 4.85. The number of likely N-dealkylation sites (N-methyl/N-ethyl adjacent to an activating group) is 1. The van der Waals surface area contributed by atoms with E-state index in [4.69, 9.17) is 4.98 Å². The normalized spacial score (nSPS) is 21.9. The minimum Gasteiger partial charge on any atom is -0.292 e. The van der Waals surface area contributed by atoms with Gasteiger partial charge in [-0.05, 0) is 71.9 Å². The molecule has 0 spiro atoms. The third kappa shape index (κ3) is 3.15. The second-order valence-electron chi connectivity index (χ2n) is 7.22. The van der Waals surface area contributed by atoms with Gasteiger partial charge in [0.1, 0.15) is 0 Å². The van der Waals surface area contributed by atoms with Crippen LogP contribution in [0, 0.1) is 6.92 Å². The Morgan fingerprint density at radius 2 is 1.92 bits per heavy atom. The van der Waals surface area contributed by atoms with Crippen molar-refractivity contribution in [3.8, 4) is 0 Å². The Kier molecular flexibility index (Phi) is 4.46. The van der Waals surface area contributed by atoms with Crippen molar-refractivity contribution in [3.63, 3.8) is 0 Å². The van der Waals surface area contributed by atoms with Crippen molar-refractivity contribution in [2.24, 2.45) is 0 Å². The molecule has 0 unspecified atom stereocenters. The van der Waals surface area contributed by atoms with Crippen LogP contribution in [0.1, 0.15) is 34.0 Å². The van der Waals surface area contributed by atoms with E-state index < -0.39 is 0 Å². The number of halogens is 1. The molecule has 0 saturated carbocycles. The van der Waals surface area contributed by atoms with Gasteiger partial charge in [-0.2, -0.15) is 0 Å². The Morgan fingerprint density at radius 3 is 2.71 bits per heavy atom. The lowest BCUT2D eigenvalue weighted by Gasteiger charge is -2.31. The quantitative estimate of drug-likeness (QED) is 0.745. The number of benzene rings is 1. The molecule has 1 fully saturated rings. The second kappa shape index (κ2) is 6.58. The minimum atomic E-state index is 0.375. The number of aromatic nitrogens is 1. The van der Waals surface area contributed by atoms with Gasteiger partial charge in [-0.15, -0.1) is 0 Å². The zero-order valence-corrected chi connectivity index (χ0v) is 16.0. The van der Waals surface area contributed by atoms with Gasteiger partial charge in [0, 0.05) is 23.8 Å². The number of pyridine rings is 1. The zero-order chi connectivity index (χ0) is 16.7. The summed E-state index contributed by atoms with van der Waals surface area (Å²) in [4.78, 5) is 9.84. The summed E-state index contributed by atoms with van der Waals surface area (Å²) >= 11 is 3.61. The molecule has 0 N–H and O–H groups in total. The SMILES string of the molecule is Cc1ccc2c(c1)CCc1cc(Br)cnc1[C@@H](N1CCN(C)C1)C2. The van der Waals surface area contributed by atoms with Crippen LogP contribution in [0.15, 0.2) is 34.9 Å². The second-order valence-corrected chi connectivity index (χ2v) is 8.14. The van der Waals surface area contributed by atoms with Crippen LogP contribution in [0.25, 0.3) is 0 Å². The van der Waals surface area contributed by atoms with Crippen LogP contribution >= 0.6 is 15.9 Å². The fourth-order valence-electron chi connectivity index (χ4n) is 4.06. The number of fused-ring (bicyclic) bond motifs is 2. The molecule has 3 nitrogen and oxygen atoms in total. The van der Waals surface area contributed by atoms with E-state index in [2.05, 4.69) is 64.0 Å². The van der Waals surface area contributed by atoms with Crippen LogP contribution in [-0.2, 0) is 19.3 Å². The summed E-state index contributed by atoms with van der Waals surface area (Å²) in [5.41, 5.74) is 7.05. The fourth-order valence-corrected chi connectivity index (χ4v) is 4.44. The first-order chi connectivity index (χ1) is 11.6. The summed E-state index contributed by atoms with van der Waals surface area (Å²) in [6.07, 6.45) is 5.20. The molecule has 4 rings (SSSR count). The van der Waals surface area contributed by atoms with Gasteiger partial charge >= 0.3 is 0 Å². The Hall–Kier alpha value is -1.23. The lowest BCUT2D eigenvalue weighted by molar-refractivity contribution is 0.201. The van der Waals surface area contributed by atoms with Gasteiger partial charge in [0.2, 0.25) is 0 Å². The van der Waals surface area contributed by atoms with Gasteiger partial charge in [0.25, 0.3) is 0 Å². The van der Waals surface area contributed by atoms with E-state index in [9.17, 15) is 0 Å². The molecule has 1 aliphatic heterocycles. The average molecular weight is 386 g/mol. The van der Waals surface area contributed by atoms with Gasteiger partial charge in [0.15, 0.2) is 0 Å². The van der Waals surface area contributed by atoms with Gasteiger partial charge < -0.3 is 0 Å². The van der Waals surface area contributed by atoms with Crippen LogP contribution in [-0.4, -0.2) is 41.6 Å². The number of rotatable bonds is 1. The van der Waals surface area contributed by atoms with Crippen molar-refractivity contribution in [2.75, 3.05) is 26.8 Å². The molecule has 1 aromatic carbocycles. The smallest absolute Gasteiger partial charge is 0.0612 e. The summed E-state index contributed by atoms with van der Waals surface area (Å²) < 4.78 is 1.09. The van der Waals surface area contributed by atoms with Crippen molar-refractivity contribution in [2.45, 2.75) is 32.2 Å². The predicted molar refractivity (Wildman–Crippen MR) is 101 cm³/mol. The fraction of sp³-hybridized carbons (Fsp3) is 0.450. The molecule has 0 bridgehead atoms. The molecule has 2 aromatic rings. The highest BCUT2D eigenvalue weighted by atomic mass is 79.9. The first-order valence-electron chi connectivity index (χ1n) is 8.75. The Balaban J connectivity index is 1.77. The Labute approximate surface area is 152 Å². The summed E-state index contributed by atoms with van der Waals surface area (Å²) in [6.45, 7) is 5.49. The van der Waals surface area contributed by atoms with Crippen molar-refractivity contribution < 1.29 is 0 Å². The lowest BCUT2D eigenvalue weighted by Crippen LogP contribution is -2.32. The zero-order valence-electron chi connectivity index (χ0n) is 14.4. The molecule has 2 aliphatic rings. The molecular weight excluding hydrogens is 362 g/mol. The highest BCUT2D eigenvalue weighted by molar-refractivity contribution is 9.10. The number of hydrogen-bond acceptors (Lipinski definition) is 3. The largest absolute Gasteiger partial charge is 0.292 e. The van der Waals surface area contributed by atoms with Crippen molar-refractivity contribution >= 4 is 15.9 Å². The van der Waals surface area contributed by atoms with Gasteiger partial charge in [-0.25, -0.2) is 0 Å². The van der Waals surface area contributed by atoms with E-state index in [1.54, 1.807) is 0 Å². The first-order valence-corrected chi connectivity index (χ1v) is 9.55. The van der Waals surface area contributed by atoms with E-state index in [1.165, 1.54) is 27.9 Å². The summed E-state index contributed by atoms with van der Waals surface area (Å²) in [7, 11) is 2.20.